The van der Waals surface area contributed by atoms with Gasteiger partial charge in [-0.1, -0.05) is 12.1 Å². The molecule has 0 atom stereocenters. The quantitative estimate of drug-likeness (QED) is 0.577. The minimum Gasteiger partial charge on any atom is -0.504 e. The third kappa shape index (κ3) is 5.36. The second-order valence-electron chi connectivity index (χ2n) is 7.39. The van der Waals surface area contributed by atoms with Crippen molar-refractivity contribution in [3.05, 3.63) is 60.7 Å². The Morgan fingerprint density at radius 3 is 2.52 bits per heavy atom. The van der Waals surface area contributed by atoms with E-state index in [1.54, 1.807) is 35.2 Å². The maximum absolute atomic E-state index is 12.9. The first-order valence-corrected chi connectivity index (χ1v) is 11.3. The topological polar surface area (TPSA) is 99.2 Å². The highest BCUT2D eigenvalue weighted by Crippen LogP contribution is 2.32. The first kappa shape index (κ1) is 22.6. The third-order valence-corrected chi connectivity index (χ3v) is 6.88. The lowest BCUT2D eigenvalue weighted by atomic mass is 10.2. The number of aromatic hydroxyl groups is 1. The average Bonchev–Trinajstić information content (AvgIpc) is 3.58. The van der Waals surface area contributed by atoms with Gasteiger partial charge in [0.15, 0.2) is 11.5 Å². The highest BCUT2D eigenvalue weighted by Gasteiger charge is 2.33. The van der Waals surface area contributed by atoms with Gasteiger partial charge < -0.3 is 20.1 Å². The second-order valence-corrected chi connectivity index (χ2v) is 9.44. The Hall–Kier alpha value is -3.04. The number of hydrogen-bond acceptors (Lipinski definition) is 5. The summed E-state index contributed by atoms with van der Waals surface area (Å²) in [4.78, 5) is 14.8. The van der Waals surface area contributed by atoms with Gasteiger partial charge in [-0.2, -0.15) is 4.31 Å². The van der Waals surface area contributed by atoms with E-state index in [1.165, 1.54) is 36.7 Å². The molecule has 0 unspecified atom stereocenters. The van der Waals surface area contributed by atoms with Gasteiger partial charge in [-0.3, -0.25) is 0 Å². The molecule has 2 aromatic carbocycles. The summed E-state index contributed by atoms with van der Waals surface area (Å²) in [7, 11) is -0.650. The SMILES string of the molecule is C=CCN(C)S(=O)(=O)c1ccc(NC(=O)N(Cc2ccc(O)c(OC)c2)C2CC2)cc1. The van der Waals surface area contributed by atoms with Crippen LogP contribution in [0.3, 0.4) is 0 Å². The highest BCUT2D eigenvalue weighted by molar-refractivity contribution is 7.89. The number of ether oxygens (including phenoxy) is 1. The number of methoxy groups -OCH3 is 1. The van der Waals surface area contributed by atoms with Crippen LogP contribution in [0.5, 0.6) is 11.5 Å². The molecule has 0 aromatic heterocycles. The van der Waals surface area contributed by atoms with E-state index in [0.717, 1.165) is 18.4 Å². The predicted molar refractivity (Wildman–Crippen MR) is 119 cm³/mol. The van der Waals surface area contributed by atoms with Crippen molar-refractivity contribution in [3.63, 3.8) is 0 Å². The van der Waals surface area contributed by atoms with Crippen molar-refractivity contribution >= 4 is 21.7 Å². The Morgan fingerprint density at radius 2 is 1.94 bits per heavy atom. The van der Waals surface area contributed by atoms with Crippen molar-refractivity contribution in [2.75, 3.05) is 26.0 Å². The molecular formula is C22H27N3O5S. The molecule has 8 nitrogen and oxygen atoms in total. The second kappa shape index (κ2) is 9.40. The van der Waals surface area contributed by atoms with Crippen LogP contribution < -0.4 is 10.1 Å². The molecule has 0 saturated heterocycles. The van der Waals surface area contributed by atoms with Gasteiger partial charge in [0.1, 0.15) is 0 Å². The lowest BCUT2D eigenvalue weighted by molar-refractivity contribution is 0.206. The fraction of sp³-hybridized carbons (Fsp3) is 0.318. The van der Waals surface area contributed by atoms with Gasteiger partial charge in [0.25, 0.3) is 0 Å². The molecule has 2 N–H and O–H groups in total. The number of likely N-dealkylation sites (N-methyl/N-ethyl adjacent to an activating group) is 1. The smallest absolute Gasteiger partial charge is 0.322 e. The first-order chi connectivity index (χ1) is 14.8. The average molecular weight is 446 g/mol. The summed E-state index contributed by atoms with van der Waals surface area (Å²) in [6.07, 6.45) is 3.37. The molecule has 0 aliphatic heterocycles. The van der Waals surface area contributed by atoms with Gasteiger partial charge in [-0.25, -0.2) is 13.2 Å². The van der Waals surface area contributed by atoms with E-state index in [2.05, 4.69) is 11.9 Å². The lowest BCUT2D eigenvalue weighted by Gasteiger charge is -2.23. The van der Waals surface area contributed by atoms with Crippen LogP contribution in [0, 0.1) is 0 Å². The molecule has 0 radical (unpaired) electrons. The number of urea groups is 1. The normalized spacial score (nSPS) is 13.6. The van der Waals surface area contributed by atoms with Crippen molar-refractivity contribution in [2.24, 2.45) is 0 Å². The molecule has 2 amide bonds. The molecule has 2 aromatic rings. The number of carbonyl (C=O) groups excluding carboxylic acids is 1. The van der Waals surface area contributed by atoms with Gasteiger partial charge in [0.2, 0.25) is 10.0 Å². The van der Waals surface area contributed by atoms with E-state index in [1.807, 2.05) is 0 Å². The van der Waals surface area contributed by atoms with E-state index >= 15 is 0 Å². The van der Waals surface area contributed by atoms with Gasteiger partial charge in [-0.05, 0) is 54.8 Å². The summed E-state index contributed by atoms with van der Waals surface area (Å²) < 4.78 is 31.3. The monoisotopic (exact) mass is 445 g/mol. The fourth-order valence-electron chi connectivity index (χ4n) is 3.14. The van der Waals surface area contributed by atoms with Crippen molar-refractivity contribution in [1.29, 1.82) is 0 Å². The zero-order valence-corrected chi connectivity index (χ0v) is 18.4. The van der Waals surface area contributed by atoms with Crippen molar-refractivity contribution in [1.82, 2.24) is 9.21 Å². The van der Waals surface area contributed by atoms with E-state index in [9.17, 15) is 18.3 Å². The van der Waals surface area contributed by atoms with Gasteiger partial charge >= 0.3 is 6.03 Å². The van der Waals surface area contributed by atoms with Crippen LogP contribution in [0.2, 0.25) is 0 Å². The predicted octanol–water partition coefficient (Wildman–Crippen LogP) is 3.40. The fourth-order valence-corrected chi connectivity index (χ4v) is 4.28. The lowest BCUT2D eigenvalue weighted by Crippen LogP contribution is -2.36. The number of phenols is 1. The van der Waals surface area contributed by atoms with Crippen LogP contribution in [0.25, 0.3) is 0 Å². The maximum atomic E-state index is 12.9. The number of amides is 2. The molecule has 0 spiro atoms. The largest absolute Gasteiger partial charge is 0.504 e. The zero-order chi connectivity index (χ0) is 22.6. The summed E-state index contributed by atoms with van der Waals surface area (Å²) >= 11 is 0. The molecule has 1 aliphatic rings. The molecule has 0 heterocycles. The highest BCUT2D eigenvalue weighted by atomic mass is 32.2. The summed E-state index contributed by atoms with van der Waals surface area (Å²) in [5.41, 5.74) is 1.34. The number of nitrogens with one attached hydrogen (secondary N) is 1. The standard InChI is InChI=1S/C22H27N3O5S/c1-4-13-24(2)31(28,29)19-10-6-17(7-11-19)23-22(27)25(18-8-9-18)15-16-5-12-20(26)21(14-16)30-3/h4-7,10-12,14,18,26H,1,8-9,13,15H2,2-3H3,(H,23,27). The van der Waals surface area contributed by atoms with Gasteiger partial charge in [0.05, 0.1) is 12.0 Å². The number of anilines is 1. The molecule has 1 saturated carbocycles. The number of sulfonamides is 1. The van der Waals surface area contributed by atoms with E-state index in [4.69, 9.17) is 4.74 Å². The summed E-state index contributed by atoms with van der Waals surface area (Å²) in [5.74, 6) is 0.398. The Labute approximate surface area is 182 Å². The Balaban J connectivity index is 1.71. The maximum Gasteiger partial charge on any atom is 0.322 e. The molecule has 3 rings (SSSR count). The minimum absolute atomic E-state index is 0.0439. The van der Waals surface area contributed by atoms with Crippen molar-refractivity contribution < 1.29 is 23.1 Å². The summed E-state index contributed by atoms with van der Waals surface area (Å²) in [6, 6.07) is 11.0. The molecular weight excluding hydrogens is 418 g/mol. The number of phenolic OH excluding ortho intramolecular Hbond substituents is 1. The Kier molecular flexibility index (Phi) is 6.87. The van der Waals surface area contributed by atoms with Crippen molar-refractivity contribution in [2.45, 2.75) is 30.3 Å². The number of hydrogen-bond donors (Lipinski definition) is 2. The van der Waals surface area contributed by atoms with Gasteiger partial charge in [-0.15, -0.1) is 6.58 Å². The van der Waals surface area contributed by atoms with Crippen LogP contribution in [0.15, 0.2) is 60.0 Å². The van der Waals surface area contributed by atoms with Crippen LogP contribution in [-0.4, -0.2) is 55.5 Å². The first-order valence-electron chi connectivity index (χ1n) is 9.87. The number of carbonyl (C=O) groups is 1. The van der Waals surface area contributed by atoms with E-state index < -0.39 is 10.0 Å². The zero-order valence-electron chi connectivity index (χ0n) is 17.6. The molecule has 166 valence electrons. The van der Waals surface area contributed by atoms with E-state index in [0.29, 0.717) is 18.0 Å². The number of benzene rings is 2. The summed E-state index contributed by atoms with van der Waals surface area (Å²) in [6.45, 7) is 4.13. The number of rotatable bonds is 9. The minimum atomic E-state index is -3.61. The summed E-state index contributed by atoms with van der Waals surface area (Å²) in [5, 5.41) is 12.6. The van der Waals surface area contributed by atoms with Crippen LogP contribution in [-0.2, 0) is 16.6 Å². The molecule has 9 heteroatoms. The van der Waals surface area contributed by atoms with Crippen LogP contribution in [0.4, 0.5) is 10.5 Å². The molecule has 1 fully saturated rings. The number of nitrogens with zero attached hydrogens (tertiary/aromatic N) is 2. The van der Waals surface area contributed by atoms with Crippen LogP contribution >= 0.6 is 0 Å². The Bertz CT molecular complexity index is 1050. The van der Waals surface area contributed by atoms with Gasteiger partial charge in [0, 0.05) is 31.9 Å². The molecule has 31 heavy (non-hydrogen) atoms. The molecule has 0 bridgehead atoms. The van der Waals surface area contributed by atoms with Crippen LogP contribution in [0.1, 0.15) is 18.4 Å². The third-order valence-electron chi connectivity index (χ3n) is 5.05. The van der Waals surface area contributed by atoms with E-state index in [-0.39, 0.29) is 29.3 Å². The van der Waals surface area contributed by atoms with Crippen molar-refractivity contribution in [3.8, 4) is 11.5 Å². The Morgan fingerprint density at radius 1 is 1.26 bits per heavy atom. The molecule has 1 aliphatic carbocycles.